The Morgan fingerprint density at radius 1 is 1.41 bits per heavy atom. The average Bonchev–Trinajstić information content (AvgIpc) is 2.36. The van der Waals surface area contributed by atoms with Gasteiger partial charge in [0.2, 0.25) is 5.82 Å². The fourth-order valence-corrected chi connectivity index (χ4v) is 2.42. The Morgan fingerprint density at radius 3 is 2.65 bits per heavy atom. The number of nitrogens with one attached hydrogen (secondary N) is 1. The Hall–Kier alpha value is -1.29. The molecule has 0 atom stereocenters. The summed E-state index contributed by atoms with van der Waals surface area (Å²) in [6.45, 7) is 3.59. The first-order valence-electron chi connectivity index (χ1n) is 5.91. The molecule has 1 saturated heterocycles. The Bertz CT molecular complexity index is 414. The highest BCUT2D eigenvalue weighted by Crippen LogP contribution is 2.39. The summed E-state index contributed by atoms with van der Waals surface area (Å²) >= 11 is 0. The van der Waals surface area contributed by atoms with Gasteiger partial charge in [-0.15, -0.1) is 0 Å². The van der Waals surface area contributed by atoms with Crippen molar-refractivity contribution < 1.29 is 14.2 Å². The molecule has 3 nitrogen and oxygen atoms in total. The van der Waals surface area contributed by atoms with Crippen molar-refractivity contribution in [3.63, 3.8) is 0 Å². The van der Waals surface area contributed by atoms with Gasteiger partial charge in [-0.1, -0.05) is 0 Å². The summed E-state index contributed by atoms with van der Waals surface area (Å²) in [6, 6.07) is 1.84. The minimum atomic E-state index is -0.638. The molecule has 17 heavy (non-hydrogen) atoms. The van der Waals surface area contributed by atoms with E-state index in [9.17, 15) is 9.50 Å². The summed E-state index contributed by atoms with van der Waals surface area (Å²) in [5.74, 6) is -0.444. The van der Waals surface area contributed by atoms with Crippen molar-refractivity contribution >= 4 is 0 Å². The molecule has 1 fully saturated rings. The molecule has 2 rings (SSSR count). The van der Waals surface area contributed by atoms with Gasteiger partial charge in [-0.3, -0.25) is 0 Å². The van der Waals surface area contributed by atoms with E-state index in [1.54, 1.807) is 6.92 Å². The molecule has 0 radical (unpaired) electrons. The molecule has 0 unspecified atom stereocenters. The molecule has 4 heteroatoms. The van der Waals surface area contributed by atoms with E-state index in [1.165, 1.54) is 7.11 Å². The van der Waals surface area contributed by atoms with Crippen LogP contribution in [0.4, 0.5) is 4.39 Å². The zero-order chi connectivity index (χ0) is 12.4. The van der Waals surface area contributed by atoms with E-state index in [4.69, 9.17) is 4.74 Å². The van der Waals surface area contributed by atoms with Crippen LogP contribution in [0.3, 0.4) is 0 Å². The number of ether oxygens (including phenoxy) is 1. The summed E-state index contributed by atoms with van der Waals surface area (Å²) in [7, 11) is 1.44. The summed E-state index contributed by atoms with van der Waals surface area (Å²) in [6.07, 6.45) is 1.94. The highest BCUT2D eigenvalue weighted by Gasteiger charge is 2.24. The van der Waals surface area contributed by atoms with Gasteiger partial charge in [0.25, 0.3) is 0 Å². The van der Waals surface area contributed by atoms with Crippen LogP contribution in [-0.4, -0.2) is 25.3 Å². The van der Waals surface area contributed by atoms with Gasteiger partial charge in [-0.25, -0.2) is 0 Å². The predicted molar refractivity (Wildman–Crippen MR) is 64.2 cm³/mol. The Labute approximate surface area is 101 Å². The minimum Gasteiger partial charge on any atom is -0.505 e. The van der Waals surface area contributed by atoms with Gasteiger partial charge in [0, 0.05) is 5.56 Å². The van der Waals surface area contributed by atoms with E-state index >= 15 is 0 Å². The van der Waals surface area contributed by atoms with E-state index in [0.29, 0.717) is 11.5 Å². The number of phenolic OH excluding ortho intramolecular Hbond substituents is 1. The smallest absolute Gasteiger partial charge is 0.207 e. The number of phenols is 1. The lowest BCUT2D eigenvalue weighted by Crippen LogP contribution is -2.27. The Balaban J connectivity index is 2.44. The van der Waals surface area contributed by atoms with Gasteiger partial charge in [0.15, 0.2) is 11.5 Å². The van der Waals surface area contributed by atoms with Gasteiger partial charge >= 0.3 is 0 Å². The summed E-state index contributed by atoms with van der Waals surface area (Å²) in [4.78, 5) is 0. The molecule has 0 spiro atoms. The van der Waals surface area contributed by atoms with Crippen LogP contribution in [0.5, 0.6) is 11.5 Å². The van der Waals surface area contributed by atoms with Crippen LogP contribution in [0.15, 0.2) is 6.07 Å². The number of rotatable bonds is 2. The minimum absolute atomic E-state index is 0.194. The second kappa shape index (κ2) is 4.92. The molecule has 2 N–H and O–H groups in total. The number of benzene rings is 1. The van der Waals surface area contributed by atoms with Gasteiger partial charge in [-0.2, -0.15) is 4.39 Å². The van der Waals surface area contributed by atoms with Gasteiger partial charge < -0.3 is 15.2 Å². The van der Waals surface area contributed by atoms with Crippen LogP contribution in [0.25, 0.3) is 0 Å². The lowest BCUT2D eigenvalue weighted by Gasteiger charge is -2.25. The number of hydrogen-bond acceptors (Lipinski definition) is 3. The molecule has 0 bridgehead atoms. The molecule has 0 aromatic heterocycles. The first-order chi connectivity index (χ1) is 8.15. The predicted octanol–water partition coefficient (Wildman–Crippen LogP) is 2.32. The zero-order valence-corrected chi connectivity index (χ0v) is 10.2. The van der Waals surface area contributed by atoms with Crippen molar-refractivity contribution in [2.24, 2.45) is 0 Å². The molecule has 0 aliphatic carbocycles. The van der Waals surface area contributed by atoms with E-state index < -0.39 is 5.82 Å². The van der Waals surface area contributed by atoms with Crippen molar-refractivity contribution in [3.05, 3.63) is 23.0 Å². The summed E-state index contributed by atoms with van der Waals surface area (Å²) in [5.41, 5.74) is 1.44. The quantitative estimate of drug-likeness (QED) is 0.832. The highest BCUT2D eigenvalue weighted by molar-refractivity contribution is 5.48. The van der Waals surface area contributed by atoms with E-state index in [2.05, 4.69) is 5.32 Å². The topological polar surface area (TPSA) is 41.5 Å². The van der Waals surface area contributed by atoms with Crippen molar-refractivity contribution in [2.75, 3.05) is 20.2 Å². The molecule has 0 saturated carbocycles. The number of aromatic hydroxyl groups is 1. The highest BCUT2D eigenvalue weighted by atomic mass is 19.1. The molecule has 94 valence electrons. The number of aryl methyl sites for hydroxylation is 1. The second-order valence-corrected chi connectivity index (χ2v) is 4.50. The maximum atomic E-state index is 13.9. The van der Waals surface area contributed by atoms with Gasteiger partial charge in [0.05, 0.1) is 7.11 Å². The molecule has 1 aliphatic heterocycles. The standard InChI is InChI=1S/C13H18FNO2/c1-8-7-10(9-3-5-15-6-4-9)13(17-2)11(14)12(8)16/h7,9,15-16H,3-6H2,1-2H3. The lowest BCUT2D eigenvalue weighted by molar-refractivity contribution is 0.349. The van der Waals surface area contributed by atoms with Crippen molar-refractivity contribution in [2.45, 2.75) is 25.7 Å². The van der Waals surface area contributed by atoms with Crippen LogP contribution in [0.2, 0.25) is 0 Å². The van der Waals surface area contributed by atoms with E-state index in [0.717, 1.165) is 31.5 Å². The third-order valence-corrected chi connectivity index (χ3v) is 3.40. The second-order valence-electron chi connectivity index (χ2n) is 4.50. The molecule has 0 amide bonds. The van der Waals surface area contributed by atoms with Crippen LogP contribution >= 0.6 is 0 Å². The maximum absolute atomic E-state index is 13.9. The number of methoxy groups -OCH3 is 1. The van der Waals surface area contributed by atoms with E-state index in [-0.39, 0.29) is 11.5 Å². The van der Waals surface area contributed by atoms with Gasteiger partial charge in [-0.05, 0) is 50.4 Å². The molecular weight excluding hydrogens is 221 g/mol. The van der Waals surface area contributed by atoms with Crippen molar-refractivity contribution in [1.29, 1.82) is 0 Å². The molecule has 1 aromatic carbocycles. The SMILES string of the molecule is COc1c(C2CCNCC2)cc(C)c(O)c1F. The number of hydrogen-bond donors (Lipinski definition) is 2. The zero-order valence-electron chi connectivity index (χ0n) is 10.2. The average molecular weight is 239 g/mol. The first-order valence-corrected chi connectivity index (χ1v) is 5.91. The van der Waals surface area contributed by atoms with Crippen molar-refractivity contribution in [3.8, 4) is 11.5 Å². The van der Waals surface area contributed by atoms with Crippen LogP contribution in [-0.2, 0) is 0 Å². The Kier molecular flexibility index (Phi) is 3.52. The lowest BCUT2D eigenvalue weighted by atomic mass is 9.88. The Morgan fingerprint density at radius 2 is 2.06 bits per heavy atom. The third-order valence-electron chi connectivity index (χ3n) is 3.40. The summed E-state index contributed by atoms with van der Waals surface area (Å²) in [5, 5.41) is 12.9. The molecule has 1 aliphatic rings. The fourth-order valence-electron chi connectivity index (χ4n) is 2.42. The van der Waals surface area contributed by atoms with E-state index in [1.807, 2.05) is 6.07 Å². The van der Waals surface area contributed by atoms with Crippen LogP contribution in [0, 0.1) is 12.7 Å². The maximum Gasteiger partial charge on any atom is 0.207 e. The molecule has 1 heterocycles. The van der Waals surface area contributed by atoms with Crippen LogP contribution < -0.4 is 10.1 Å². The third kappa shape index (κ3) is 2.22. The fraction of sp³-hybridized carbons (Fsp3) is 0.538. The first kappa shape index (κ1) is 12.2. The van der Waals surface area contributed by atoms with Crippen LogP contribution in [0.1, 0.15) is 29.9 Å². The normalized spacial score (nSPS) is 17.1. The summed E-state index contributed by atoms with van der Waals surface area (Å²) < 4.78 is 19.0. The van der Waals surface area contributed by atoms with Crippen molar-refractivity contribution in [1.82, 2.24) is 5.32 Å². The number of halogens is 1. The van der Waals surface area contributed by atoms with Gasteiger partial charge in [0.1, 0.15) is 0 Å². The number of piperidine rings is 1. The largest absolute Gasteiger partial charge is 0.505 e. The monoisotopic (exact) mass is 239 g/mol. The molecule has 1 aromatic rings. The molecular formula is C13H18FNO2.